The van der Waals surface area contributed by atoms with Gasteiger partial charge in [0.2, 0.25) is 15.9 Å². The van der Waals surface area contributed by atoms with Gasteiger partial charge in [0.25, 0.3) is 0 Å². The molecular weight excluding hydrogens is 424 g/mol. The van der Waals surface area contributed by atoms with E-state index >= 15 is 0 Å². The highest BCUT2D eigenvalue weighted by molar-refractivity contribution is 9.11. The first kappa shape index (κ1) is 18.6. The van der Waals surface area contributed by atoms with Gasteiger partial charge in [-0.05, 0) is 40.5 Å². The highest BCUT2D eigenvalue weighted by Crippen LogP contribution is 2.30. The summed E-state index contributed by atoms with van der Waals surface area (Å²) in [6, 6.07) is 3.31. The SMILES string of the molecule is CNC(=O)C(C)CN(C)S(=O)(=O)c1cc(Br)c(C)cc1Br. The van der Waals surface area contributed by atoms with Gasteiger partial charge in [0.05, 0.1) is 4.90 Å². The van der Waals surface area contributed by atoms with Gasteiger partial charge in [-0.3, -0.25) is 4.79 Å². The predicted molar refractivity (Wildman–Crippen MR) is 89.6 cm³/mol. The summed E-state index contributed by atoms with van der Waals surface area (Å²) >= 11 is 6.63. The molecule has 1 aromatic rings. The molecule has 1 aromatic carbocycles. The number of sulfonamides is 1. The molecule has 1 N–H and O–H groups in total. The summed E-state index contributed by atoms with van der Waals surface area (Å²) in [7, 11) is -0.673. The lowest BCUT2D eigenvalue weighted by atomic mass is 10.2. The number of hydrogen-bond donors (Lipinski definition) is 1. The van der Waals surface area contributed by atoms with E-state index in [4.69, 9.17) is 0 Å². The summed E-state index contributed by atoms with van der Waals surface area (Å²) in [6.45, 7) is 3.67. The van der Waals surface area contributed by atoms with Gasteiger partial charge in [0.1, 0.15) is 0 Å². The molecule has 0 bridgehead atoms. The highest BCUT2D eigenvalue weighted by Gasteiger charge is 2.27. The van der Waals surface area contributed by atoms with Crippen LogP contribution in [0.5, 0.6) is 0 Å². The number of carbonyl (C=O) groups excluding carboxylic acids is 1. The average molecular weight is 442 g/mol. The van der Waals surface area contributed by atoms with E-state index in [2.05, 4.69) is 37.2 Å². The normalized spacial score (nSPS) is 13.3. The maximum absolute atomic E-state index is 12.6. The summed E-state index contributed by atoms with van der Waals surface area (Å²) in [5.74, 6) is -0.622. The van der Waals surface area contributed by atoms with Crippen LogP contribution >= 0.6 is 31.9 Å². The lowest BCUT2D eigenvalue weighted by molar-refractivity contribution is -0.124. The van der Waals surface area contributed by atoms with E-state index in [1.54, 1.807) is 19.1 Å². The van der Waals surface area contributed by atoms with Crippen LogP contribution in [0, 0.1) is 12.8 Å². The van der Waals surface area contributed by atoms with E-state index in [1.807, 2.05) is 6.92 Å². The monoisotopic (exact) mass is 440 g/mol. The number of amides is 1. The fraction of sp³-hybridized carbons (Fsp3) is 0.462. The van der Waals surface area contributed by atoms with Gasteiger partial charge in [0.15, 0.2) is 0 Å². The smallest absolute Gasteiger partial charge is 0.244 e. The molecule has 0 aromatic heterocycles. The summed E-state index contributed by atoms with van der Waals surface area (Å²) in [4.78, 5) is 11.7. The van der Waals surface area contributed by atoms with Gasteiger partial charge in [0, 0.05) is 35.5 Å². The number of rotatable bonds is 5. The van der Waals surface area contributed by atoms with Crippen LogP contribution in [0.2, 0.25) is 0 Å². The molecule has 0 spiro atoms. The molecule has 8 heteroatoms. The van der Waals surface area contributed by atoms with Crippen LogP contribution in [0.4, 0.5) is 0 Å². The van der Waals surface area contributed by atoms with Crippen LogP contribution in [-0.2, 0) is 14.8 Å². The summed E-state index contributed by atoms with van der Waals surface area (Å²) in [5, 5.41) is 2.51. The van der Waals surface area contributed by atoms with Gasteiger partial charge in [-0.1, -0.05) is 22.9 Å². The van der Waals surface area contributed by atoms with Crippen molar-refractivity contribution in [2.24, 2.45) is 5.92 Å². The van der Waals surface area contributed by atoms with E-state index in [-0.39, 0.29) is 17.3 Å². The second-order valence-electron chi connectivity index (χ2n) is 4.83. The lowest BCUT2D eigenvalue weighted by Gasteiger charge is -2.21. The molecule has 0 aliphatic carbocycles. The zero-order chi connectivity index (χ0) is 16.4. The topological polar surface area (TPSA) is 66.5 Å². The average Bonchev–Trinajstić information content (AvgIpc) is 2.41. The number of benzene rings is 1. The van der Waals surface area contributed by atoms with Crippen LogP contribution in [0.1, 0.15) is 12.5 Å². The van der Waals surface area contributed by atoms with Crippen molar-refractivity contribution in [2.45, 2.75) is 18.7 Å². The van der Waals surface area contributed by atoms with Crippen LogP contribution in [0.15, 0.2) is 26.0 Å². The number of aryl methyl sites for hydroxylation is 1. The molecule has 1 rings (SSSR count). The molecule has 118 valence electrons. The first-order valence-electron chi connectivity index (χ1n) is 6.24. The Bertz CT molecular complexity index is 647. The molecule has 1 atom stereocenters. The molecule has 21 heavy (non-hydrogen) atoms. The first-order valence-corrected chi connectivity index (χ1v) is 9.27. The minimum Gasteiger partial charge on any atom is -0.359 e. The zero-order valence-corrected chi connectivity index (χ0v) is 16.3. The van der Waals surface area contributed by atoms with E-state index < -0.39 is 15.9 Å². The van der Waals surface area contributed by atoms with Crippen molar-refractivity contribution in [2.75, 3.05) is 20.6 Å². The molecular formula is C13H18Br2N2O3S. The second-order valence-corrected chi connectivity index (χ2v) is 8.55. The lowest BCUT2D eigenvalue weighted by Crippen LogP contribution is -2.37. The summed E-state index contributed by atoms with van der Waals surface area (Å²) in [6.07, 6.45) is 0. The van der Waals surface area contributed by atoms with Crippen LogP contribution in [0.25, 0.3) is 0 Å². The minimum atomic E-state index is -3.67. The molecule has 0 fully saturated rings. The Morgan fingerprint density at radius 2 is 1.90 bits per heavy atom. The molecule has 0 saturated heterocycles. The largest absolute Gasteiger partial charge is 0.359 e. The van der Waals surface area contributed by atoms with Crippen LogP contribution < -0.4 is 5.32 Å². The Balaban J connectivity index is 3.11. The standard InChI is InChI=1S/C13H18Br2N2O3S/c1-8-5-11(15)12(6-10(8)14)21(19,20)17(4)7-9(2)13(18)16-3/h5-6,9H,7H2,1-4H3,(H,16,18). The molecule has 0 aliphatic heterocycles. The van der Waals surface area contributed by atoms with E-state index in [1.165, 1.54) is 18.4 Å². The van der Waals surface area contributed by atoms with Crippen molar-refractivity contribution in [1.82, 2.24) is 9.62 Å². The quantitative estimate of drug-likeness (QED) is 0.763. The maximum Gasteiger partial charge on any atom is 0.244 e. The Labute approximate surface area is 142 Å². The fourth-order valence-electron chi connectivity index (χ4n) is 1.81. The van der Waals surface area contributed by atoms with Crippen molar-refractivity contribution in [1.29, 1.82) is 0 Å². The van der Waals surface area contributed by atoms with Gasteiger partial charge >= 0.3 is 0 Å². The molecule has 1 unspecified atom stereocenters. The minimum absolute atomic E-state index is 0.111. The van der Waals surface area contributed by atoms with Crippen molar-refractivity contribution >= 4 is 47.8 Å². The van der Waals surface area contributed by atoms with E-state index in [0.29, 0.717) is 4.47 Å². The number of carbonyl (C=O) groups is 1. The zero-order valence-electron chi connectivity index (χ0n) is 12.3. The highest BCUT2D eigenvalue weighted by atomic mass is 79.9. The van der Waals surface area contributed by atoms with Crippen LogP contribution in [-0.4, -0.2) is 39.3 Å². The summed E-state index contributed by atoms with van der Waals surface area (Å²) < 4.78 is 27.6. The third kappa shape index (κ3) is 4.28. The molecule has 5 nitrogen and oxygen atoms in total. The van der Waals surface area contributed by atoms with Gasteiger partial charge in [-0.2, -0.15) is 0 Å². The molecule has 0 aliphatic rings. The summed E-state index contributed by atoms with van der Waals surface area (Å²) in [5.41, 5.74) is 0.933. The predicted octanol–water partition coefficient (Wildman–Crippen LogP) is 2.52. The number of nitrogens with zero attached hydrogens (tertiary/aromatic N) is 1. The number of hydrogen-bond acceptors (Lipinski definition) is 3. The van der Waals surface area contributed by atoms with E-state index in [0.717, 1.165) is 10.0 Å². The Morgan fingerprint density at radius 3 is 2.43 bits per heavy atom. The van der Waals surface area contributed by atoms with Gasteiger partial charge < -0.3 is 5.32 Å². The molecule has 0 radical (unpaired) electrons. The third-order valence-corrected chi connectivity index (χ3v) is 6.76. The number of halogens is 2. The second kappa shape index (κ2) is 7.21. The Kier molecular flexibility index (Phi) is 6.39. The molecule has 0 heterocycles. The Hall–Kier alpha value is -0.440. The van der Waals surface area contributed by atoms with Gasteiger partial charge in [-0.15, -0.1) is 0 Å². The van der Waals surface area contributed by atoms with Crippen LogP contribution in [0.3, 0.4) is 0 Å². The fourth-order valence-corrected chi connectivity index (χ4v) is 4.70. The van der Waals surface area contributed by atoms with E-state index in [9.17, 15) is 13.2 Å². The Morgan fingerprint density at radius 1 is 1.33 bits per heavy atom. The number of nitrogens with one attached hydrogen (secondary N) is 1. The first-order chi connectivity index (χ1) is 9.61. The van der Waals surface area contributed by atoms with Gasteiger partial charge in [-0.25, -0.2) is 12.7 Å². The maximum atomic E-state index is 12.6. The molecule has 0 saturated carbocycles. The van der Waals surface area contributed by atoms with Crippen molar-refractivity contribution in [3.05, 3.63) is 26.6 Å². The van der Waals surface area contributed by atoms with Crippen molar-refractivity contribution < 1.29 is 13.2 Å². The third-order valence-electron chi connectivity index (χ3n) is 3.13. The molecule has 1 amide bonds. The van der Waals surface area contributed by atoms with Crippen molar-refractivity contribution in [3.63, 3.8) is 0 Å². The van der Waals surface area contributed by atoms with Crippen molar-refractivity contribution in [3.8, 4) is 0 Å².